The Morgan fingerprint density at radius 2 is 1.12 bits per heavy atom. The van der Waals surface area contributed by atoms with Gasteiger partial charge in [-0.05, 0) is 44.8 Å². The van der Waals surface area contributed by atoms with Gasteiger partial charge in [0.25, 0.3) is 0 Å². The summed E-state index contributed by atoms with van der Waals surface area (Å²) < 4.78 is 3.61. The fourth-order valence-electron chi connectivity index (χ4n) is 8.64. The Morgan fingerprint density at radius 1 is 0.510 bits per heavy atom. The van der Waals surface area contributed by atoms with E-state index in [1.54, 1.807) is 0 Å². The lowest BCUT2D eigenvalue weighted by atomic mass is 9.81. The van der Waals surface area contributed by atoms with Crippen LogP contribution < -0.4 is 0 Å². The topological polar surface area (TPSA) is 30.7 Å². The van der Waals surface area contributed by atoms with E-state index in [-0.39, 0.29) is 5.41 Å². The van der Waals surface area contributed by atoms with Gasteiger partial charge in [0, 0.05) is 43.0 Å². The summed E-state index contributed by atoms with van der Waals surface area (Å²) in [6, 6.07) is 50.2. The lowest BCUT2D eigenvalue weighted by Gasteiger charge is -2.23. The molecule has 7 aromatic carbocycles. The highest BCUT2D eigenvalue weighted by Gasteiger charge is 2.41. The molecule has 0 atom stereocenters. The fraction of sp³-hybridized carbons (Fsp3) is 0.0667. The standard InChI is InChI=1S/C45H29N3S/c1-45(2)39-31-20-9-7-17-28(31)27-16-6-8-19-30(27)37(39)38-34-25-24-32-29-18-11-13-23-36(29)48(41(32)42(34)49-43(38)45)44-46-35-22-12-10-21-33(35)40(47-44)26-14-4-3-5-15-26/h3-25H,1-2H3. The zero-order valence-electron chi connectivity index (χ0n) is 27.0. The summed E-state index contributed by atoms with van der Waals surface area (Å²) in [6.45, 7) is 4.83. The van der Waals surface area contributed by atoms with E-state index < -0.39 is 0 Å². The molecular weight excluding hydrogens is 615 g/mol. The minimum Gasteiger partial charge on any atom is -0.276 e. The number of hydrogen-bond acceptors (Lipinski definition) is 3. The molecule has 3 heterocycles. The third-order valence-corrected chi connectivity index (χ3v) is 12.2. The van der Waals surface area contributed by atoms with Crippen LogP contribution in [0.3, 0.4) is 0 Å². The number of thiophene rings is 1. The first-order valence-electron chi connectivity index (χ1n) is 16.9. The predicted molar refractivity (Wildman–Crippen MR) is 207 cm³/mol. The molecule has 0 aliphatic heterocycles. The van der Waals surface area contributed by atoms with Crippen molar-refractivity contribution in [3.8, 4) is 28.3 Å². The van der Waals surface area contributed by atoms with Gasteiger partial charge in [-0.15, -0.1) is 11.3 Å². The van der Waals surface area contributed by atoms with E-state index in [0.29, 0.717) is 5.95 Å². The third kappa shape index (κ3) is 3.51. The van der Waals surface area contributed by atoms with E-state index in [1.807, 2.05) is 11.3 Å². The van der Waals surface area contributed by atoms with Crippen molar-refractivity contribution < 1.29 is 0 Å². The van der Waals surface area contributed by atoms with E-state index in [1.165, 1.54) is 69.5 Å². The van der Waals surface area contributed by atoms with Crippen LogP contribution in [0.5, 0.6) is 0 Å². The Hall–Kier alpha value is -5.84. The van der Waals surface area contributed by atoms with Crippen molar-refractivity contribution in [3.05, 3.63) is 150 Å². The molecule has 1 aliphatic rings. The minimum absolute atomic E-state index is 0.166. The first kappa shape index (κ1) is 27.1. The molecule has 0 radical (unpaired) electrons. The van der Waals surface area contributed by atoms with Gasteiger partial charge in [0.1, 0.15) is 0 Å². The van der Waals surface area contributed by atoms with Gasteiger partial charge in [-0.3, -0.25) is 4.57 Å². The average molecular weight is 644 g/mol. The Bertz CT molecular complexity index is 3020. The van der Waals surface area contributed by atoms with Crippen LogP contribution >= 0.6 is 11.3 Å². The summed E-state index contributed by atoms with van der Waals surface area (Å²) in [7, 11) is 0. The first-order valence-corrected chi connectivity index (χ1v) is 17.7. The molecule has 0 N–H and O–H groups in total. The van der Waals surface area contributed by atoms with Gasteiger partial charge in [-0.1, -0.05) is 141 Å². The van der Waals surface area contributed by atoms with Crippen LogP contribution in [0, 0.1) is 0 Å². The summed E-state index contributed by atoms with van der Waals surface area (Å²) in [6.07, 6.45) is 0. The first-order chi connectivity index (χ1) is 24.1. The van der Waals surface area contributed by atoms with Crippen LogP contribution in [-0.2, 0) is 5.41 Å². The number of rotatable bonds is 2. The number of fused-ring (bicyclic) bond motifs is 15. The van der Waals surface area contributed by atoms with Crippen LogP contribution in [-0.4, -0.2) is 14.5 Å². The number of para-hydroxylation sites is 2. The van der Waals surface area contributed by atoms with Gasteiger partial charge in [0.2, 0.25) is 5.95 Å². The number of aromatic nitrogens is 3. The number of hydrogen-bond donors (Lipinski definition) is 0. The highest BCUT2D eigenvalue weighted by Crippen LogP contribution is 2.60. The van der Waals surface area contributed by atoms with Crippen molar-refractivity contribution in [2.75, 3.05) is 0 Å². The monoisotopic (exact) mass is 643 g/mol. The van der Waals surface area contributed by atoms with Gasteiger partial charge in [-0.25, -0.2) is 9.97 Å². The van der Waals surface area contributed by atoms with E-state index in [9.17, 15) is 0 Å². The molecule has 0 fully saturated rings. The Morgan fingerprint density at radius 3 is 1.92 bits per heavy atom. The Kier molecular flexibility index (Phi) is 5.33. The maximum atomic E-state index is 5.38. The SMILES string of the molecule is CC1(C)c2sc3c(ccc4c5ccccc5n(-c5nc(-c6ccccc6)c6ccccc6n5)c43)c2-c2c1c1ccccc1c1ccccc21. The van der Waals surface area contributed by atoms with Crippen molar-refractivity contribution in [2.45, 2.75) is 19.3 Å². The summed E-state index contributed by atoms with van der Waals surface area (Å²) in [4.78, 5) is 12.1. The molecular formula is C45H29N3S. The molecule has 3 aromatic heterocycles. The zero-order valence-corrected chi connectivity index (χ0v) is 27.8. The molecule has 0 spiro atoms. The van der Waals surface area contributed by atoms with Crippen molar-refractivity contribution in [1.82, 2.24) is 14.5 Å². The molecule has 1 aliphatic carbocycles. The second-order valence-corrected chi connectivity index (χ2v) is 14.7. The van der Waals surface area contributed by atoms with Crippen LogP contribution in [0.1, 0.15) is 24.3 Å². The van der Waals surface area contributed by atoms with Gasteiger partial charge in [0.15, 0.2) is 0 Å². The fourth-order valence-corrected chi connectivity index (χ4v) is 10.1. The molecule has 0 saturated carbocycles. The highest BCUT2D eigenvalue weighted by molar-refractivity contribution is 7.21. The summed E-state index contributed by atoms with van der Waals surface area (Å²) in [5.41, 5.74) is 9.30. The predicted octanol–water partition coefficient (Wildman–Crippen LogP) is 12.2. The van der Waals surface area contributed by atoms with Crippen LogP contribution in [0.4, 0.5) is 0 Å². The molecule has 0 amide bonds. The molecule has 49 heavy (non-hydrogen) atoms. The normalized spacial score (nSPS) is 13.7. The molecule has 11 rings (SSSR count). The van der Waals surface area contributed by atoms with Gasteiger partial charge in [-0.2, -0.15) is 0 Å². The number of benzene rings is 7. The minimum atomic E-state index is -0.166. The lowest BCUT2D eigenvalue weighted by molar-refractivity contribution is 0.681. The Labute approximate surface area is 286 Å². The van der Waals surface area contributed by atoms with E-state index in [4.69, 9.17) is 9.97 Å². The number of nitrogens with zero attached hydrogens (tertiary/aromatic N) is 3. The molecule has 10 aromatic rings. The van der Waals surface area contributed by atoms with Crippen molar-refractivity contribution in [1.29, 1.82) is 0 Å². The van der Waals surface area contributed by atoms with E-state index in [0.717, 1.165) is 27.7 Å². The molecule has 230 valence electrons. The summed E-state index contributed by atoms with van der Waals surface area (Å²) in [5, 5.41) is 10.1. The average Bonchev–Trinajstić information content (AvgIpc) is 3.78. The smallest absolute Gasteiger partial charge is 0.235 e. The van der Waals surface area contributed by atoms with E-state index in [2.05, 4.69) is 158 Å². The van der Waals surface area contributed by atoms with Crippen molar-refractivity contribution in [3.63, 3.8) is 0 Å². The second kappa shape index (κ2) is 9.62. The van der Waals surface area contributed by atoms with Gasteiger partial charge in [0.05, 0.1) is 26.9 Å². The quantitative estimate of drug-likeness (QED) is 0.176. The van der Waals surface area contributed by atoms with Crippen molar-refractivity contribution >= 4 is 75.7 Å². The third-order valence-electron chi connectivity index (χ3n) is 10.7. The molecule has 4 heteroatoms. The zero-order chi connectivity index (χ0) is 32.4. The van der Waals surface area contributed by atoms with Gasteiger partial charge < -0.3 is 0 Å². The van der Waals surface area contributed by atoms with Crippen LogP contribution in [0.2, 0.25) is 0 Å². The highest BCUT2D eigenvalue weighted by atomic mass is 32.1. The largest absolute Gasteiger partial charge is 0.276 e. The van der Waals surface area contributed by atoms with Crippen molar-refractivity contribution in [2.24, 2.45) is 0 Å². The molecule has 3 nitrogen and oxygen atoms in total. The molecule has 0 bridgehead atoms. The summed E-state index contributed by atoms with van der Waals surface area (Å²) >= 11 is 1.95. The molecule has 0 saturated heterocycles. The van der Waals surface area contributed by atoms with Crippen LogP contribution in [0.15, 0.2) is 140 Å². The second-order valence-electron chi connectivity index (χ2n) is 13.7. The van der Waals surface area contributed by atoms with E-state index >= 15 is 0 Å². The maximum absolute atomic E-state index is 5.38. The molecule has 0 unspecified atom stereocenters. The maximum Gasteiger partial charge on any atom is 0.235 e. The lowest BCUT2D eigenvalue weighted by Crippen LogP contribution is -2.14. The summed E-state index contributed by atoms with van der Waals surface area (Å²) in [5.74, 6) is 0.695. The Balaban J connectivity index is 1.30. The van der Waals surface area contributed by atoms with Gasteiger partial charge >= 0.3 is 0 Å². The van der Waals surface area contributed by atoms with Crippen LogP contribution in [0.25, 0.3) is 92.7 Å².